The number of pyridine rings is 1. The highest BCUT2D eigenvalue weighted by atomic mass is 16.5. The number of hydrazone groups is 1. The maximum absolute atomic E-state index is 11.9. The predicted molar refractivity (Wildman–Crippen MR) is 123 cm³/mol. The SMILES string of the molecule is O=C(N/N=C/c1ccc(OCCCn2cc(C3(O)CCCCC3)nn2)cc1)c1ccncc1. The Hall–Kier alpha value is -3.59. The second-order valence-corrected chi connectivity index (χ2v) is 8.17. The van der Waals surface area contributed by atoms with Gasteiger partial charge >= 0.3 is 0 Å². The summed E-state index contributed by atoms with van der Waals surface area (Å²) in [6.07, 6.45) is 12.1. The van der Waals surface area contributed by atoms with E-state index in [9.17, 15) is 9.90 Å². The van der Waals surface area contributed by atoms with Crippen molar-refractivity contribution in [1.82, 2.24) is 25.4 Å². The molecular weight excluding hydrogens is 420 g/mol. The van der Waals surface area contributed by atoms with Crippen molar-refractivity contribution in [1.29, 1.82) is 0 Å². The molecule has 0 spiro atoms. The van der Waals surface area contributed by atoms with Crippen molar-refractivity contribution in [3.05, 3.63) is 71.8 Å². The van der Waals surface area contributed by atoms with Crippen LogP contribution in [0.4, 0.5) is 0 Å². The van der Waals surface area contributed by atoms with E-state index >= 15 is 0 Å². The van der Waals surface area contributed by atoms with Gasteiger partial charge in [-0.15, -0.1) is 5.10 Å². The summed E-state index contributed by atoms with van der Waals surface area (Å²) in [7, 11) is 0. The van der Waals surface area contributed by atoms with Crippen molar-refractivity contribution in [3.63, 3.8) is 0 Å². The normalized spacial score (nSPS) is 15.4. The number of aliphatic hydroxyl groups is 1. The van der Waals surface area contributed by atoms with E-state index in [4.69, 9.17) is 4.74 Å². The Kier molecular flexibility index (Phi) is 7.41. The Bertz CT molecular complexity index is 1060. The molecule has 0 unspecified atom stereocenters. The molecule has 4 rings (SSSR count). The van der Waals surface area contributed by atoms with Crippen molar-refractivity contribution < 1.29 is 14.6 Å². The van der Waals surface area contributed by atoms with Crippen molar-refractivity contribution in [2.75, 3.05) is 6.61 Å². The number of benzene rings is 1. The minimum atomic E-state index is -0.820. The molecule has 33 heavy (non-hydrogen) atoms. The summed E-state index contributed by atoms with van der Waals surface area (Å²) < 4.78 is 7.56. The van der Waals surface area contributed by atoms with E-state index in [0.717, 1.165) is 43.4 Å². The average Bonchev–Trinajstić information content (AvgIpc) is 3.34. The third-order valence-electron chi connectivity index (χ3n) is 5.70. The summed E-state index contributed by atoms with van der Waals surface area (Å²) in [5, 5.41) is 23.1. The molecule has 2 N–H and O–H groups in total. The molecule has 1 aliphatic carbocycles. The van der Waals surface area contributed by atoms with Crippen molar-refractivity contribution in [3.8, 4) is 5.75 Å². The van der Waals surface area contributed by atoms with E-state index in [1.807, 2.05) is 30.5 Å². The lowest BCUT2D eigenvalue weighted by Gasteiger charge is -2.29. The largest absolute Gasteiger partial charge is 0.494 e. The van der Waals surface area contributed by atoms with Gasteiger partial charge in [-0.1, -0.05) is 24.5 Å². The van der Waals surface area contributed by atoms with Crippen LogP contribution in [0.15, 0.2) is 60.1 Å². The Morgan fingerprint density at radius 1 is 1.15 bits per heavy atom. The van der Waals surface area contributed by atoms with Crippen LogP contribution in [-0.4, -0.2) is 43.8 Å². The molecule has 2 heterocycles. The molecule has 1 aromatic carbocycles. The summed E-state index contributed by atoms with van der Waals surface area (Å²) >= 11 is 0. The highest BCUT2D eigenvalue weighted by Crippen LogP contribution is 2.35. The number of aromatic nitrogens is 4. The number of aryl methyl sites for hydroxylation is 1. The summed E-state index contributed by atoms with van der Waals surface area (Å²) in [6.45, 7) is 1.21. The summed E-state index contributed by atoms with van der Waals surface area (Å²) in [5.41, 5.74) is 3.68. The van der Waals surface area contributed by atoms with Gasteiger partial charge in [-0.25, -0.2) is 5.43 Å². The van der Waals surface area contributed by atoms with Gasteiger partial charge in [0.05, 0.1) is 19.0 Å². The third-order valence-corrected chi connectivity index (χ3v) is 5.70. The molecule has 172 valence electrons. The predicted octanol–water partition coefficient (Wildman–Crippen LogP) is 3.06. The molecule has 0 aliphatic heterocycles. The number of rotatable bonds is 9. The van der Waals surface area contributed by atoms with Gasteiger partial charge in [0.2, 0.25) is 0 Å². The standard InChI is InChI=1S/C24H28N6O3/c31-23(20-9-13-25-14-10-20)28-26-17-19-5-7-21(8-6-19)33-16-4-15-30-18-22(27-29-30)24(32)11-2-1-3-12-24/h5-10,13-14,17-18,32H,1-4,11-12,15-16H2,(H,28,31)/b26-17+. The van der Waals surface area contributed by atoms with Crippen LogP contribution >= 0.6 is 0 Å². The van der Waals surface area contributed by atoms with E-state index in [2.05, 4.69) is 25.8 Å². The number of carbonyl (C=O) groups excluding carboxylic acids is 1. The van der Waals surface area contributed by atoms with Crippen LogP contribution in [0.2, 0.25) is 0 Å². The molecular formula is C24H28N6O3. The molecule has 1 fully saturated rings. The van der Waals surface area contributed by atoms with Crippen LogP contribution < -0.4 is 10.2 Å². The Balaban J connectivity index is 1.18. The highest BCUT2D eigenvalue weighted by Gasteiger charge is 2.33. The number of hydrogen-bond donors (Lipinski definition) is 2. The molecule has 1 saturated carbocycles. The summed E-state index contributed by atoms with van der Waals surface area (Å²) in [6, 6.07) is 10.7. The lowest BCUT2D eigenvalue weighted by Crippen LogP contribution is -2.28. The topological polar surface area (TPSA) is 115 Å². The van der Waals surface area contributed by atoms with Crippen LogP contribution in [-0.2, 0) is 12.1 Å². The van der Waals surface area contributed by atoms with Gasteiger partial charge in [0.15, 0.2) is 0 Å². The molecule has 0 atom stereocenters. The Labute approximate surface area is 192 Å². The molecule has 0 bridgehead atoms. The molecule has 3 aromatic rings. The third kappa shape index (κ3) is 6.23. The minimum absolute atomic E-state index is 0.291. The number of ether oxygens (including phenoxy) is 1. The van der Waals surface area contributed by atoms with Crippen molar-refractivity contribution >= 4 is 12.1 Å². The zero-order valence-corrected chi connectivity index (χ0v) is 18.4. The van der Waals surface area contributed by atoms with Crippen molar-refractivity contribution in [2.24, 2.45) is 5.10 Å². The molecule has 2 aromatic heterocycles. The first-order valence-corrected chi connectivity index (χ1v) is 11.2. The van der Waals surface area contributed by atoms with E-state index in [-0.39, 0.29) is 5.91 Å². The van der Waals surface area contributed by atoms with Crippen LogP contribution in [0, 0.1) is 0 Å². The number of carbonyl (C=O) groups is 1. The first-order chi connectivity index (χ1) is 16.1. The number of amides is 1. The van der Waals surface area contributed by atoms with Gasteiger partial charge in [0, 0.05) is 30.9 Å². The summed E-state index contributed by atoms with van der Waals surface area (Å²) in [4.78, 5) is 15.8. The van der Waals surface area contributed by atoms with Crippen molar-refractivity contribution in [2.45, 2.75) is 50.7 Å². The highest BCUT2D eigenvalue weighted by molar-refractivity contribution is 5.94. The van der Waals surface area contributed by atoms with Crippen LogP contribution in [0.5, 0.6) is 5.75 Å². The molecule has 1 amide bonds. The van der Waals surface area contributed by atoms with Gasteiger partial charge in [-0.3, -0.25) is 14.5 Å². The van der Waals surface area contributed by atoms with Gasteiger partial charge in [-0.05, 0) is 54.8 Å². The van der Waals surface area contributed by atoms with Gasteiger partial charge in [0.1, 0.15) is 17.0 Å². The van der Waals surface area contributed by atoms with E-state index in [1.165, 1.54) is 6.42 Å². The minimum Gasteiger partial charge on any atom is -0.494 e. The van der Waals surface area contributed by atoms with Crippen LogP contribution in [0.1, 0.15) is 60.1 Å². The molecule has 9 heteroatoms. The summed E-state index contributed by atoms with van der Waals surface area (Å²) in [5.74, 6) is 0.463. The number of nitrogens with zero attached hydrogens (tertiary/aromatic N) is 5. The zero-order valence-electron chi connectivity index (χ0n) is 18.4. The second kappa shape index (κ2) is 10.8. The lowest BCUT2D eigenvalue weighted by molar-refractivity contribution is -0.00474. The smallest absolute Gasteiger partial charge is 0.271 e. The average molecular weight is 449 g/mol. The Morgan fingerprint density at radius 2 is 1.91 bits per heavy atom. The quantitative estimate of drug-likeness (QED) is 0.295. The number of nitrogens with one attached hydrogen (secondary N) is 1. The molecule has 1 aliphatic rings. The fourth-order valence-electron chi connectivity index (χ4n) is 3.81. The molecule has 9 nitrogen and oxygen atoms in total. The molecule has 0 saturated heterocycles. The Morgan fingerprint density at radius 3 is 2.67 bits per heavy atom. The lowest BCUT2D eigenvalue weighted by atomic mass is 9.83. The maximum atomic E-state index is 11.9. The van der Waals surface area contributed by atoms with Gasteiger partial charge in [0.25, 0.3) is 5.91 Å². The first-order valence-electron chi connectivity index (χ1n) is 11.2. The van der Waals surface area contributed by atoms with E-state index in [1.54, 1.807) is 35.4 Å². The van der Waals surface area contributed by atoms with Gasteiger partial charge < -0.3 is 9.84 Å². The fraction of sp³-hybridized carbons (Fsp3) is 0.375. The first kappa shape index (κ1) is 22.6. The van der Waals surface area contributed by atoms with E-state index < -0.39 is 5.60 Å². The zero-order chi connectivity index (χ0) is 22.9. The maximum Gasteiger partial charge on any atom is 0.271 e. The molecule has 0 radical (unpaired) electrons. The van der Waals surface area contributed by atoms with Crippen LogP contribution in [0.25, 0.3) is 0 Å². The fourth-order valence-corrected chi connectivity index (χ4v) is 3.81. The second-order valence-electron chi connectivity index (χ2n) is 8.17. The van der Waals surface area contributed by atoms with Crippen LogP contribution in [0.3, 0.4) is 0 Å². The number of hydrogen-bond acceptors (Lipinski definition) is 7. The monoisotopic (exact) mass is 448 g/mol. The van der Waals surface area contributed by atoms with E-state index in [0.29, 0.717) is 24.4 Å². The van der Waals surface area contributed by atoms with Gasteiger partial charge in [-0.2, -0.15) is 5.10 Å².